The van der Waals surface area contributed by atoms with Gasteiger partial charge in [-0.3, -0.25) is 0 Å². The van der Waals surface area contributed by atoms with Gasteiger partial charge in [-0.25, -0.2) is 13.2 Å². The number of urea groups is 1. The number of sulfonamides is 1. The molecule has 3 aliphatic rings. The van der Waals surface area contributed by atoms with E-state index in [1.807, 2.05) is 0 Å². The molecule has 2 atom stereocenters. The van der Waals surface area contributed by atoms with Gasteiger partial charge in [0.25, 0.3) is 0 Å². The maximum absolute atomic E-state index is 12.1. The molecule has 2 amide bonds. The highest BCUT2D eigenvalue weighted by molar-refractivity contribution is 7.90. The molecule has 0 radical (unpaired) electrons. The van der Waals surface area contributed by atoms with Crippen LogP contribution in [0.25, 0.3) is 0 Å². The molecule has 0 unspecified atom stereocenters. The van der Waals surface area contributed by atoms with Crippen molar-refractivity contribution in [2.45, 2.75) is 36.6 Å². The Labute approximate surface area is 101 Å². The molecule has 2 heterocycles. The number of hydrogen-bond donors (Lipinski definition) is 1. The first-order valence-electron chi connectivity index (χ1n) is 6.02. The molecule has 3 rings (SSSR count). The van der Waals surface area contributed by atoms with E-state index in [0.29, 0.717) is 13.1 Å². The second-order valence-corrected chi connectivity index (χ2v) is 7.34. The monoisotopic (exact) mass is 259 g/mol. The Kier molecular flexibility index (Phi) is 2.38. The van der Waals surface area contributed by atoms with Crippen molar-refractivity contribution in [2.75, 3.05) is 20.1 Å². The molecule has 1 saturated carbocycles. The Morgan fingerprint density at radius 1 is 1.29 bits per heavy atom. The first kappa shape index (κ1) is 11.3. The van der Waals surface area contributed by atoms with Crippen LogP contribution in [-0.4, -0.2) is 61.1 Å². The van der Waals surface area contributed by atoms with E-state index in [9.17, 15) is 13.2 Å². The Bertz CT molecular complexity index is 446. The van der Waals surface area contributed by atoms with E-state index >= 15 is 0 Å². The lowest BCUT2D eigenvalue weighted by molar-refractivity contribution is 0.197. The Hall–Kier alpha value is -0.820. The van der Waals surface area contributed by atoms with Gasteiger partial charge >= 0.3 is 6.03 Å². The average Bonchev–Trinajstić information content (AvgIpc) is 3.08. The van der Waals surface area contributed by atoms with Gasteiger partial charge in [0.05, 0.1) is 17.3 Å². The van der Waals surface area contributed by atoms with Crippen molar-refractivity contribution in [2.24, 2.45) is 0 Å². The third-order valence-corrected chi connectivity index (χ3v) is 6.34. The second kappa shape index (κ2) is 3.58. The number of carbonyl (C=O) groups excluding carboxylic acids is 1. The topological polar surface area (TPSA) is 69.7 Å². The maximum atomic E-state index is 12.1. The first-order valence-corrected chi connectivity index (χ1v) is 7.53. The van der Waals surface area contributed by atoms with Gasteiger partial charge in [-0.15, -0.1) is 0 Å². The molecule has 2 saturated heterocycles. The molecule has 0 aromatic heterocycles. The number of hydrogen-bond acceptors (Lipinski definition) is 3. The van der Waals surface area contributed by atoms with Gasteiger partial charge in [-0.2, -0.15) is 4.31 Å². The quantitative estimate of drug-likeness (QED) is 0.732. The van der Waals surface area contributed by atoms with E-state index in [-0.39, 0.29) is 23.4 Å². The summed E-state index contributed by atoms with van der Waals surface area (Å²) in [5.41, 5.74) is 0. The lowest BCUT2D eigenvalue weighted by Gasteiger charge is -2.35. The molecule has 17 heavy (non-hydrogen) atoms. The second-order valence-electron chi connectivity index (χ2n) is 5.13. The summed E-state index contributed by atoms with van der Waals surface area (Å²) in [6.45, 7) is 0.971. The molecule has 7 heteroatoms. The zero-order valence-electron chi connectivity index (χ0n) is 9.80. The summed E-state index contributed by atoms with van der Waals surface area (Å²) in [4.78, 5) is 13.2. The highest BCUT2D eigenvalue weighted by Gasteiger charge is 2.47. The van der Waals surface area contributed by atoms with Crippen LogP contribution in [0.2, 0.25) is 0 Å². The summed E-state index contributed by atoms with van der Waals surface area (Å²) in [7, 11) is -1.33. The predicted molar refractivity (Wildman–Crippen MR) is 62.0 cm³/mol. The number of likely N-dealkylation sites (N-methyl/N-ethyl adjacent to an activating group) is 1. The maximum Gasteiger partial charge on any atom is 0.317 e. The molecule has 1 aliphatic carbocycles. The molecule has 6 nitrogen and oxygen atoms in total. The van der Waals surface area contributed by atoms with Crippen LogP contribution in [0.1, 0.15) is 19.3 Å². The summed E-state index contributed by atoms with van der Waals surface area (Å²) in [6, 6.07) is 0.00796. The minimum atomic E-state index is -3.10. The fourth-order valence-electron chi connectivity index (χ4n) is 2.73. The largest absolute Gasteiger partial charge is 0.332 e. The van der Waals surface area contributed by atoms with Crippen molar-refractivity contribution in [3.05, 3.63) is 0 Å². The van der Waals surface area contributed by atoms with Crippen molar-refractivity contribution in [3.8, 4) is 0 Å². The van der Waals surface area contributed by atoms with E-state index in [2.05, 4.69) is 5.32 Å². The van der Waals surface area contributed by atoms with E-state index in [0.717, 1.165) is 19.3 Å². The van der Waals surface area contributed by atoms with Crippen LogP contribution in [0.5, 0.6) is 0 Å². The van der Waals surface area contributed by atoms with E-state index < -0.39 is 10.0 Å². The Balaban J connectivity index is 1.75. The number of fused-ring (bicyclic) bond motifs is 1. The van der Waals surface area contributed by atoms with Crippen molar-refractivity contribution in [1.82, 2.24) is 14.5 Å². The highest BCUT2D eigenvalue weighted by atomic mass is 32.2. The number of carbonyl (C=O) groups is 1. The third-order valence-electron chi connectivity index (χ3n) is 3.97. The predicted octanol–water partition coefficient (Wildman–Crippen LogP) is -0.423. The van der Waals surface area contributed by atoms with Crippen LogP contribution in [0.15, 0.2) is 0 Å². The number of nitrogens with zero attached hydrogens (tertiary/aromatic N) is 2. The van der Waals surface area contributed by atoms with Crippen LogP contribution < -0.4 is 5.32 Å². The van der Waals surface area contributed by atoms with Crippen LogP contribution in [0.3, 0.4) is 0 Å². The molecular formula is C10H17N3O3S. The van der Waals surface area contributed by atoms with Gasteiger partial charge in [-0.1, -0.05) is 0 Å². The van der Waals surface area contributed by atoms with Crippen LogP contribution in [0.4, 0.5) is 4.79 Å². The zero-order chi connectivity index (χ0) is 12.2. The zero-order valence-corrected chi connectivity index (χ0v) is 10.6. The van der Waals surface area contributed by atoms with Crippen LogP contribution >= 0.6 is 0 Å². The van der Waals surface area contributed by atoms with Crippen molar-refractivity contribution in [1.29, 1.82) is 0 Å². The van der Waals surface area contributed by atoms with Crippen LogP contribution in [-0.2, 0) is 10.0 Å². The van der Waals surface area contributed by atoms with Gasteiger partial charge in [-0.05, 0) is 19.3 Å². The van der Waals surface area contributed by atoms with E-state index in [4.69, 9.17) is 0 Å². The number of piperidine rings is 1. The van der Waals surface area contributed by atoms with E-state index in [1.54, 1.807) is 16.3 Å². The summed E-state index contributed by atoms with van der Waals surface area (Å²) < 4.78 is 25.8. The molecule has 96 valence electrons. The van der Waals surface area contributed by atoms with Gasteiger partial charge < -0.3 is 10.2 Å². The minimum absolute atomic E-state index is 0.0465. The lowest BCUT2D eigenvalue weighted by atomic mass is 10.0. The average molecular weight is 259 g/mol. The van der Waals surface area contributed by atoms with Gasteiger partial charge in [0.1, 0.15) is 0 Å². The Morgan fingerprint density at radius 2 is 2.00 bits per heavy atom. The summed E-state index contributed by atoms with van der Waals surface area (Å²) in [5.74, 6) is 0. The highest BCUT2D eigenvalue weighted by Crippen LogP contribution is 2.33. The van der Waals surface area contributed by atoms with Gasteiger partial charge in [0.15, 0.2) is 0 Å². The first-order chi connectivity index (χ1) is 8.00. The molecule has 3 fully saturated rings. The number of nitrogens with one attached hydrogen (secondary N) is 1. The molecule has 0 spiro atoms. The van der Waals surface area contributed by atoms with Crippen molar-refractivity contribution in [3.63, 3.8) is 0 Å². The van der Waals surface area contributed by atoms with Crippen molar-refractivity contribution < 1.29 is 13.2 Å². The minimum Gasteiger partial charge on any atom is -0.332 e. The molecule has 0 aromatic carbocycles. The molecular weight excluding hydrogens is 242 g/mol. The molecule has 0 bridgehead atoms. The molecule has 0 aromatic rings. The van der Waals surface area contributed by atoms with E-state index in [1.165, 1.54) is 0 Å². The fraction of sp³-hybridized carbons (Fsp3) is 0.900. The van der Waals surface area contributed by atoms with Gasteiger partial charge in [0.2, 0.25) is 10.0 Å². The number of amides is 2. The molecule has 1 N–H and O–H groups in total. The SMILES string of the molecule is CN1C(=O)N[C@@H]2CN(S(=O)(=O)C3CC3)CC[C@@H]21. The lowest BCUT2D eigenvalue weighted by Crippen LogP contribution is -2.53. The fourth-order valence-corrected chi connectivity index (χ4v) is 4.62. The smallest absolute Gasteiger partial charge is 0.317 e. The summed E-state index contributed by atoms with van der Waals surface area (Å²) in [6.07, 6.45) is 2.31. The third kappa shape index (κ3) is 1.72. The van der Waals surface area contributed by atoms with Crippen LogP contribution in [0, 0.1) is 0 Å². The number of rotatable bonds is 2. The standard InChI is InChI=1S/C10H17N3O3S/c1-12-9-4-5-13(6-8(9)11-10(12)14)17(15,16)7-2-3-7/h7-9H,2-6H2,1H3,(H,11,14)/t8-,9+/m1/s1. The molecule has 2 aliphatic heterocycles. The normalized spacial score (nSPS) is 34.6. The van der Waals surface area contributed by atoms with Gasteiger partial charge in [0, 0.05) is 20.1 Å². The summed E-state index contributed by atoms with van der Waals surface area (Å²) >= 11 is 0. The Morgan fingerprint density at radius 3 is 2.65 bits per heavy atom. The summed E-state index contributed by atoms with van der Waals surface area (Å²) in [5, 5.41) is 2.69. The van der Waals surface area contributed by atoms with Crippen molar-refractivity contribution >= 4 is 16.1 Å².